The quantitative estimate of drug-likeness (QED) is 0.823. The van der Waals surface area contributed by atoms with E-state index in [9.17, 15) is 13.2 Å². The summed E-state index contributed by atoms with van der Waals surface area (Å²) in [7, 11) is -3.80. The van der Waals surface area contributed by atoms with Crippen LogP contribution in [0.25, 0.3) is 0 Å². The number of nitrogens with one attached hydrogen (secondary N) is 1. The Hall–Kier alpha value is -1.76. The lowest BCUT2D eigenvalue weighted by atomic mass is 10.2. The zero-order chi connectivity index (χ0) is 16.5. The lowest BCUT2D eigenvalue weighted by Crippen LogP contribution is -2.10. The highest BCUT2D eigenvalue weighted by molar-refractivity contribution is 7.91. The molecular weight excluding hydrogens is 347 g/mol. The zero-order valence-corrected chi connectivity index (χ0v) is 13.8. The van der Waals surface area contributed by atoms with E-state index in [1.165, 1.54) is 43.3 Å². The van der Waals surface area contributed by atoms with Crippen LogP contribution in [0.4, 0.5) is 11.4 Å². The van der Waals surface area contributed by atoms with Crippen molar-refractivity contribution in [2.75, 3.05) is 11.1 Å². The number of benzene rings is 2. The summed E-state index contributed by atoms with van der Waals surface area (Å²) in [5, 5.41) is 2.88. The summed E-state index contributed by atoms with van der Waals surface area (Å²) in [6.07, 6.45) is 0. The number of nitrogen functional groups attached to an aromatic ring is 1. The van der Waals surface area contributed by atoms with E-state index in [0.29, 0.717) is 0 Å². The third kappa shape index (κ3) is 3.35. The molecule has 2 aromatic rings. The molecule has 0 aliphatic heterocycles. The summed E-state index contributed by atoms with van der Waals surface area (Å²) < 4.78 is 25.2. The minimum absolute atomic E-state index is 0.000413. The van der Waals surface area contributed by atoms with Crippen LogP contribution in [0.3, 0.4) is 0 Å². The number of sulfone groups is 1. The summed E-state index contributed by atoms with van der Waals surface area (Å²) >= 11 is 11.6. The predicted octanol–water partition coefficient (Wildman–Crippen LogP) is 3.37. The van der Waals surface area contributed by atoms with Gasteiger partial charge in [-0.15, -0.1) is 0 Å². The number of hydrogen-bond donors (Lipinski definition) is 2. The van der Waals surface area contributed by atoms with E-state index in [1.807, 2.05) is 0 Å². The molecule has 1 amide bonds. The van der Waals surface area contributed by atoms with E-state index in [1.54, 1.807) is 0 Å². The molecule has 0 saturated heterocycles. The topological polar surface area (TPSA) is 89.3 Å². The molecule has 0 aliphatic rings. The molecular formula is C14H12Cl2N2O3S. The van der Waals surface area contributed by atoms with Crippen molar-refractivity contribution in [1.82, 2.24) is 0 Å². The molecule has 116 valence electrons. The number of carbonyl (C=O) groups excluding carboxylic acids is 1. The van der Waals surface area contributed by atoms with Crippen LogP contribution >= 0.6 is 23.2 Å². The Morgan fingerprint density at radius 2 is 1.64 bits per heavy atom. The first-order chi connectivity index (χ1) is 10.2. The molecule has 0 spiro atoms. The smallest absolute Gasteiger partial charge is 0.221 e. The second-order valence-electron chi connectivity index (χ2n) is 4.51. The molecule has 2 rings (SSSR count). The molecule has 0 saturated carbocycles. The molecule has 0 aromatic heterocycles. The van der Waals surface area contributed by atoms with Crippen LogP contribution in [0, 0.1) is 0 Å². The average Bonchev–Trinajstić information content (AvgIpc) is 2.43. The maximum atomic E-state index is 12.6. The maximum absolute atomic E-state index is 12.6. The fourth-order valence-electron chi connectivity index (χ4n) is 1.78. The van der Waals surface area contributed by atoms with Gasteiger partial charge in [0.05, 0.1) is 31.2 Å². The molecule has 0 radical (unpaired) electrons. The van der Waals surface area contributed by atoms with Gasteiger partial charge in [-0.25, -0.2) is 8.42 Å². The van der Waals surface area contributed by atoms with Gasteiger partial charge in [0.25, 0.3) is 0 Å². The molecule has 0 unspecified atom stereocenters. The van der Waals surface area contributed by atoms with Gasteiger partial charge in [-0.3, -0.25) is 4.79 Å². The number of anilines is 2. The fraction of sp³-hybridized carbons (Fsp3) is 0.0714. The van der Waals surface area contributed by atoms with Gasteiger partial charge in [-0.2, -0.15) is 0 Å². The van der Waals surface area contributed by atoms with Crippen molar-refractivity contribution in [2.45, 2.75) is 16.7 Å². The third-order valence-corrected chi connectivity index (χ3v) is 5.34. The first-order valence-corrected chi connectivity index (χ1v) is 8.33. The normalized spacial score (nSPS) is 11.2. The van der Waals surface area contributed by atoms with Gasteiger partial charge in [0.1, 0.15) is 0 Å². The van der Waals surface area contributed by atoms with Crippen LogP contribution in [0.15, 0.2) is 46.2 Å². The van der Waals surface area contributed by atoms with Crippen LogP contribution in [0.5, 0.6) is 0 Å². The highest BCUT2D eigenvalue weighted by atomic mass is 35.5. The van der Waals surface area contributed by atoms with Crippen molar-refractivity contribution in [1.29, 1.82) is 0 Å². The molecule has 0 heterocycles. The van der Waals surface area contributed by atoms with Crippen LogP contribution < -0.4 is 11.1 Å². The SMILES string of the molecule is CC(=O)Nc1cc(S(=O)(=O)c2ccc(Cl)c(Cl)c2)ccc1N. The van der Waals surface area contributed by atoms with Crippen LogP contribution in [-0.4, -0.2) is 14.3 Å². The van der Waals surface area contributed by atoms with Gasteiger partial charge in [-0.1, -0.05) is 23.2 Å². The van der Waals surface area contributed by atoms with Gasteiger partial charge >= 0.3 is 0 Å². The Balaban J connectivity index is 2.53. The van der Waals surface area contributed by atoms with Crippen molar-refractivity contribution in [2.24, 2.45) is 0 Å². The maximum Gasteiger partial charge on any atom is 0.221 e. The molecule has 0 fully saturated rings. The average molecular weight is 359 g/mol. The largest absolute Gasteiger partial charge is 0.397 e. The Morgan fingerprint density at radius 3 is 2.23 bits per heavy atom. The summed E-state index contributed by atoms with van der Waals surface area (Å²) in [5.41, 5.74) is 6.21. The minimum atomic E-state index is -3.80. The lowest BCUT2D eigenvalue weighted by Gasteiger charge is -2.10. The first kappa shape index (κ1) is 16.6. The summed E-state index contributed by atoms with van der Waals surface area (Å²) in [5.74, 6) is -0.351. The number of carbonyl (C=O) groups is 1. The number of amides is 1. The first-order valence-electron chi connectivity index (χ1n) is 6.09. The van der Waals surface area contributed by atoms with E-state index in [-0.39, 0.29) is 37.1 Å². The molecule has 3 N–H and O–H groups in total. The van der Waals surface area contributed by atoms with E-state index in [4.69, 9.17) is 28.9 Å². The van der Waals surface area contributed by atoms with E-state index >= 15 is 0 Å². The Bertz CT molecular complexity index is 851. The molecule has 0 aliphatic carbocycles. The van der Waals surface area contributed by atoms with Crippen molar-refractivity contribution in [3.63, 3.8) is 0 Å². The van der Waals surface area contributed by atoms with Gasteiger partial charge in [0.2, 0.25) is 15.7 Å². The molecule has 22 heavy (non-hydrogen) atoms. The van der Waals surface area contributed by atoms with Crippen LogP contribution in [0.2, 0.25) is 10.0 Å². The minimum Gasteiger partial charge on any atom is -0.397 e. The monoisotopic (exact) mass is 358 g/mol. The summed E-state index contributed by atoms with van der Waals surface area (Å²) in [4.78, 5) is 11.1. The van der Waals surface area contributed by atoms with E-state index < -0.39 is 9.84 Å². The number of rotatable bonds is 3. The van der Waals surface area contributed by atoms with Gasteiger partial charge < -0.3 is 11.1 Å². The van der Waals surface area contributed by atoms with Crippen LogP contribution in [-0.2, 0) is 14.6 Å². The second-order valence-corrected chi connectivity index (χ2v) is 7.27. The Morgan fingerprint density at radius 1 is 1.05 bits per heavy atom. The number of nitrogens with two attached hydrogens (primary N) is 1. The summed E-state index contributed by atoms with van der Waals surface area (Å²) in [6, 6.07) is 8.11. The molecule has 0 atom stereocenters. The van der Waals surface area contributed by atoms with Gasteiger partial charge in [0, 0.05) is 6.92 Å². The van der Waals surface area contributed by atoms with Gasteiger partial charge in [-0.05, 0) is 36.4 Å². The molecule has 8 heteroatoms. The third-order valence-electron chi connectivity index (χ3n) is 2.85. The Kier molecular flexibility index (Phi) is 4.65. The van der Waals surface area contributed by atoms with Crippen LogP contribution in [0.1, 0.15) is 6.92 Å². The predicted molar refractivity (Wildman–Crippen MR) is 87.1 cm³/mol. The van der Waals surface area contributed by atoms with E-state index in [0.717, 1.165) is 0 Å². The highest BCUT2D eigenvalue weighted by Crippen LogP contribution is 2.30. The van der Waals surface area contributed by atoms with Crippen molar-refractivity contribution in [3.8, 4) is 0 Å². The molecule has 2 aromatic carbocycles. The zero-order valence-electron chi connectivity index (χ0n) is 11.4. The summed E-state index contributed by atoms with van der Waals surface area (Å²) in [6.45, 7) is 1.31. The standard InChI is InChI=1S/C14H12Cl2N2O3S/c1-8(19)18-14-7-10(3-5-13(14)17)22(20,21)9-2-4-11(15)12(16)6-9/h2-7H,17H2,1H3,(H,18,19). The Labute approximate surface area is 138 Å². The lowest BCUT2D eigenvalue weighted by molar-refractivity contribution is -0.114. The van der Waals surface area contributed by atoms with E-state index in [2.05, 4.69) is 5.32 Å². The van der Waals surface area contributed by atoms with Crippen molar-refractivity contribution < 1.29 is 13.2 Å². The van der Waals surface area contributed by atoms with Crippen molar-refractivity contribution >= 4 is 50.3 Å². The highest BCUT2D eigenvalue weighted by Gasteiger charge is 2.20. The van der Waals surface area contributed by atoms with Crippen molar-refractivity contribution in [3.05, 3.63) is 46.4 Å². The number of hydrogen-bond acceptors (Lipinski definition) is 4. The number of halogens is 2. The molecule has 5 nitrogen and oxygen atoms in total. The second kappa shape index (κ2) is 6.16. The fourth-order valence-corrected chi connectivity index (χ4v) is 3.46. The molecule has 0 bridgehead atoms. The van der Waals surface area contributed by atoms with Gasteiger partial charge in [0.15, 0.2) is 0 Å².